The molecule has 0 unspecified atom stereocenters. The standard InChI is InChI=1S/C23H17ClN4O/c1-12-7-14(3)20-18(8-12)23(29)28-22(27-20)17(11-25)10-16-9-15-6-4-5-13(2)19(15)26-21(16)24/h4-10H,1-3H3,(H,27,28,29)/b17-10+. The molecule has 0 aliphatic heterocycles. The Hall–Kier alpha value is -3.49. The van der Waals surface area contributed by atoms with Gasteiger partial charge in [-0.15, -0.1) is 0 Å². The molecule has 5 nitrogen and oxygen atoms in total. The van der Waals surface area contributed by atoms with Crippen LogP contribution in [0.2, 0.25) is 5.15 Å². The van der Waals surface area contributed by atoms with Crippen molar-refractivity contribution in [1.82, 2.24) is 15.0 Å². The fraction of sp³-hybridized carbons (Fsp3) is 0.130. The predicted molar refractivity (Wildman–Crippen MR) is 117 cm³/mol. The molecule has 0 aliphatic carbocycles. The molecule has 142 valence electrons. The van der Waals surface area contributed by atoms with Gasteiger partial charge in [0.15, 0.2) is 5.82 Å². The highest BCUT2D eigenvalue weighted by Crippen LogP contribution is 2.26. The maximum atomic E-state index is 12.6. The van der Waals surface area contributed by atoms with Crippen LogP contribution in [-0.4, -0.2) is 15.0 Å². The van der Waals surface area contributed by atoms with Crippen LogP contribution in [0, 0.1) is 32.1 Å². The van der Waals surface area contributed by atoms with Crippen molar-refractivity contribution in [2.45, 2.75) is 20.8 Å². The zero-order valence-electron chi connectivity index (χ0n) is 16.2. The summed E-state index contributed by atoms with van der Waals surface area (Å²) in [6, 6.07) is 13.6. The number of nitrogens with one attached hydrogen (secondary N) is 1. The molecule has 29 heavy (non-hydrogen) atoms. The third kappa shape index (κ3) is 3.39. The van der Waals surface area contributed by atoms with E-state index in [1.807, 2.05) is 51.1 Å². The highest BCUT2D eigenvalue weighted by molar-refractivity contribution is 6.31. The normalized spacial score (nSPS) is 11.8. The minimum absolute atomic E-state index is 0.206. The van der Waals surface area contributed by atoms with E-state index in [0.717, 1.165) is 27.6 Å². The topological polar surface area (TPSA) is 82.4 Å². The van der Waals surface area contributed by atoms with Crippen molar-refractivity contribution in [2.24, 2.45) is 0 Å². The van der Waals surface area contributed by atoms with Crippen LogP contribution in [0.15, 0.2) is 41.2 Å². The van der Waals surface area contributed by atoms with E-state index in [9.17, 15) is 10.1 Å². The Morgan fingerprint density at radius 1 is 1.10 bits per heavy atom. The molecule has 1 N–H and O–H groups in total. The number of hydrogen-bond acceptors (Lipinski definition) is 4. The number of aryl methyl sites for hydroxylation is 3. The number of pyridine rings is 1. The van der Waals surface area contributed by atoms with Gasteiger partial charge in [-0.2, -0.15) is 5.26 Å². The molecule has 2 heterocycles. The molecule has 2 aromatic carbocycles. The lowest BCUT2D eigenvalue weighted by Gasteiger charge is -2.07. The zero-order chi connectivity index (χ0) is 20.7. The van der Waals surface area contributed by atoms with Gasteiger partial charge in [0.25, 0.3) is 5.56 Å². The summed E-state index contributed by atoms with van der Waals surface area (Å²) >= 11 is 6.38. The van der Waals surface area contributed by atoms with Gasteiger partial charge < -0.3 is 4.98 Å². The molecule has 0 fully saturated rings. The second kappa shape index (κ2) is 7.16. The Morgan fingerprint density at radius 2 is 1.90 bits per heavy atom. The van der Waals surface area contributed by atoms with Gasteiger partial charge in [-0.3, -0.25) is 4.79 Å². The number of aromatic amines is 1. The summed E-state index contributed by atoms with van der Waals surface area (Å²) in [5.74, 6) is 0.206. The Bertz CT molecular complexity index is 1430. The van der Waals surface area contributed by atoms with Gasteiger partial charge in [0.1, 0.15) is 11.2 Å². The third-order valence-electron chi connectivity index (χ3n) is 4.85. The van der Waals surface area contributed by atoms with Gasteiger partial charge in [0, 0.05) is 10.9 Å². The number of allylic oxidation sites excluding steroid dienone is 1. The quantitative estimate of drug-likeness (QED) is 0.374. The Morgan fingerprint density at radius 3 is 2.66 bits per heavy atom. The van der Waals surface area contributed by atoms with Crippen LogP contribution in [-0.2, 0) is 0 Å². The van der Waals surface area contributed by atoms with E-state index in [2.05, 4.69) is 21.0 Å². The van der Waals surface area contributed by atoms with Crippen molar-refractivity contribution in [1.29, 1.82) is 5.26 Å². The maximum absolute atomic E-state index is 12.6. The van der Waals surface area contributed by atoms with Crippen molar-refractivity contribution in [3.05, 3.63) is 80.0 Å². The summed E-state index contributed by atoms with van der Waals surface area (Å²) in [6.07, 6.45) is 1.60. The zero-order valence-corrected chi connectivity index (χ0v) is 16.9. The minimum atomic E-state index is -0.281. The lowest BCUT2D eigenvalue weighted by atomic mass is 10.1. The largest absolute Gasteiger partial charge is 0.305 e. The fourth-order valence-electron chi connectivity index (χ4n) is 3.47. The fourth-order valence-corrected chi connectivity index (χ4v) is 3.67. The van der Waals surface area contributed by atoms with E-state index >= 15 is 0 Å². The van der Waals surface area contributed by atoms with E-state index in [-0.39, 0.29) is 22.1 Å². The number of fused-ring (bicyclic) bond motifs is 2. The average molecular weight is 401 g/mol. The van der Waals surface area contributed by atoms with Crippen LogP contribution in [0.1, 0.15) is 28.1 Å². The van der Waals surface area contributed by atoms with Gasteiger partial charge in [0.05, 0.1) is 22.0 Å². The van der Waals surface area contributed by atoms with Crippen LogP contribution >= 0.6 is 11.6 Å². The minimum Gasteiger partial charge on any atom is -0.305 e. The first-order chi connectivity index (χ1) is 13.9. The summed E-state index contributed by atoms with van der Waals surface area (Å²) in [5, 5.41) is 11.4. The van der Waals surface area contributed by atoms with E-state index in [0.29, 0.717) is 16.5 Å². The third-order valence-corrected chi connectivity index (χ3v) is 5.15. The van der Waals surface area contributed by atoms with Gasteiger partial charge in [-0.25, -0.2) is 9.97 Å². The first-order valence-corrected chi connectivity index (χ1v) is 9.44. The van der Waals surface area contributed by atoms with Crippen LogP contribution in [0.25, 0.3) is 33.5 Å². The lowest BCUT2D eigenvalue weighted by molar-refractivity contribution is 1.12. The van der Waals surface area contributed by atoms with Gasteiger partial charge in [-0.05, 0) is 55.7 Å². The summed E-state index contributed by atoms with van der Waals surface area (Å²) in [5.41, 5.74) is 4.79. The molecule has 4 rings (SSSR count). The summed E-state index contributed by atoms with van der Waals surface area (Å²) in [6.45, 7) is 5.79. The molecular weight excluding hydrogens is 384 g/mol. The SMILES string of the molecule is Cc1cc(C)c2nc(/C(C#N)=C/c3cc4cccc(C)c4nc3Cl)[nH]c(=O)c2c1. The van der Waals surface area contributed by atoms with E-state index in [4.69, 9.17) is 11.6 Å². The first-order valence-electron chi connectivity index (χ1n) is 9.06. The van der Waals surface area contributed by atoms with Crippen molar-refractivity contribution >= 4 is 45.1 Å². The molecule has 0 saturated heterocycles. The Balaban J connectivity index is 1.92. The number of aromatic nitrogens is 3. The number of nitrogens with zero attached hydrogens (tertiary/aromatic N) is 3. The van der Waals surface area contributed by atoms with Crippen molar-refractivity contribution in [3.8, 4) is 6.07 Å². The van der Waals surface area contributed by atoms with E-state index in [1.54, 1.807) is 12.1 Å². The molecule has 0 radical (unpaired) electrons. The molecule has 0 atom stereocenters. The molecule has 2 aromatic heterocycles. The summed E-state index contributed by atoms with van der Waals surface area (Å²) < 4.78 is 0. The van der Waals surface area contributed by atoms with Crippen molar-refractivity contribution < 1.29 is 0 Å². The van der Waals surface area contributed by atoms with Gasteiger partial charge in [-0.1, -0.05) is 35.9 Å². The molecule has 6 heteroatoms. The maximum Gasteiger partial charge on any atom is 0.259 e. The molecule has 0 bridgehead atoms. The monoisotopic (exact) mass is 400 g/mol. The van der Waals surface area contributed by atoms with Gasteiger partial charge >= 0.3 is 0 Å². The Kier molecular flexibility index (Phi) is 4.65. The van der Waals surface area contributed by atoms with Crippen molar-refractivity contribution in [2.75, 3.05) is 0 Å². The van der Waals surface area contributed by atoms with E-state index < -0.39 is 0 Å². The van der Waals surface area contributed by atoms with E-state index in [1.165, 1.54) is 0 Å². The number of para-hydroxylation sites is 1. The highest BCUT2D eigenvalue weighted by Gasteiger charge is 2.12. The molecule has 0 spiro atoms. The van der Waals surface area contributed by atoms with Crippen LogP contribution in [0.4, 0.5) is 0 Å². The summed E-state index contributed by atoms with van der Waals surface area (Å²) in [7, 11) is 0. The average Bonchev–Trinajstić information content (AvgIpc) is 2.68. The molecule has 0 saturated carbocycles. The van der Waals surface area contributed by atoms with Crippen LogP contribution in [0.3, 0.4) is 0 Å². The summed E-state index contributed by atoms with van der Waals surface area (Å²) in [4.78, 5) is 24.3. The van der Waals surface area contributed by atoms with Crippen LogP contribution < -0.4 is 5.56 Å². The molecule has 0 amide bonds. The van der Waals surface area contributed by atoms with Gasteiger partial charge in [0.2, 0.25) is 0 Å². The number of rotatable bonds is 2. The number of hydrogen-bond donors (Lipinski definition) is 1. The van der Waals surface area contributed by atoms with Crippen molar-refractivity contribution in [3.63, 3.8) is 0 Å². The first kappa shape index (κ1) is 18.9. The molecule has 0 aliphatic rings. The van der Waals surface area contributed by atoms with Crippen LogP contribution in [0.5, 0.6) is 0 Å². The lowest BCUT2D eigenvalue weighted by Crippen LogP contribution is -2.12. The molecular formula is C23H17ClN4O. The molecule has 4 aromatic rings. The number of H-pyrrole nitrogens is 1. The number of halogens is 1. The number of nitriles is 1. The predicted octanol–water partition coefficient (Wildman–Crippen LogP) is 5.11. The second-order valence-corrected chi connectivity index (χ2v) is 7.44. The smallest absolute Gasteiger partial charge is 0.259 e. The Labute approximate surface area is 172 Å². The number of benzene rings is 2. The second-order valence-electron chi connectivity index (χ2n) is 7.08. The highest BCUT2D eigenvalue weighted by atomic mass is 35.5.